The van der Waals surface area contributed by atoms with Crippen LogP contribution in [0.4, 0.5) is 0 Å². The molecule has 0 atom stereocenters. The summed E-state index contributed by atoms with van der Waals surface area (Å²) in [6.45, 7) is 8.76. The normalized spacial score (nSPS) is 20.4. The first kappa shape index (κ1) is 15.2. The zero-order valence-corrected chi connectivity index (χ0v) is 12.7. The highest BCUT2D eigenvalue weighted by Crippen LogP contribution is 2.36. The molecule has 2 rings (SSSR count). The van der Waals surface area contributed by atoms with Gasteiger partial charge in [-0.2, -0.15) is 5.10 Å². The van der Waals surface area contributed by atoms with Crippen LogP contribution in [0, 0.1) is 0 Å². The second kappa shape index (κ2) is 5.31. The molecule has 7 heteroatoms. The molecule has 1 saturated heterocycles. The van der Waals surface area contributed by atoms with Crippen molar-refractivity contribution in [2.45, 2.75) is 45.4 Å². The molecular formula is C13H21BN2O4. The van der Waals surface area contributed by atoms with Crippen molar-refractivity contribution in [3.63, 3.8) is 0 Å². The Bertz CT molecular complexity index is 525. The first-order valence-corrected chi connectivity index (χ1v) is 6.69. The third-order valence-electron chi connectivity index (χ3n) is 3.89. The van der Waals surface area contributed by atoms with E-state index in [1.807, 2.05) is 27.7 Å². The number of ether oxygens (including phenoxy) is 1. The van der Waals surface area contributed by atoms with Crippen molar-refractivity contribution < 1.29 is 14.0 Å². The predicted molar refractivity (Wildman–Crippen MR) is 76.1 cm³/mol. The Morgan fingerprint density at radius 2 is 1.85 bits per heavy atom. The summed E-state index contributed by atoms with van der Waals surface area (Å²) in [5, 5.41) is 4.30. The molecule has 20 heavy (non-hydrogen) atoms. The lowest BCUT2D eigenvalue weighted by Gasteiger charge is -2.32. The van der Waals surface area contributed by atoms with E-state index in [1.54, 1.807) is 13.2 Å². The Labute approximate surface area is 119 Å². The van der Waals surface area contributed by atoms with Crippen LogP contribution in [0.3, 0.4) is 0 Å². The predicted octanol–water partition coefficient (Wildman–Crippen LogP) is 0.189. The van der Waals surface area contributed by atoms with Gasteiger partial charge < -0.3 is 14.0 Å². The maximum atomic E-state index is 11.7. The number of hydrogen-bond donors (Lipinski definition) is 0. The maximum Gasteiger partial charge on any atom is 0.516 e. The Hall–Kier alpha value is -1.18. The van der Waals surface area contributed by atoms with Crippen molar-refractivity contribution in [3.8, 4) is 0 Å². The Morgan fingerprint density at radius 1 is 1.25 bits per heavy atom. The van der Waals surface area contributed by atoms with Gasteiger partial charge in [-0.15, -0.1) is 0 Å². The SMILES string of the molecule is COCCn1nc(B2OC(C)(C)C(C)(C)O2)ccc1=O. The van der Waals surface area contributed by atoms with Crippen molar-refractivity contribution in [2.24, 2.45) is 0 Å². The third kappa shape index (κ3) is 2.80. The summed E-state index contributed by atoms with van der Waals surface area (Å²) in [7, 11) is 1.03. The van der Waals surface area contributed by atoms with Gasteiger partial charge in [0.2, 0.25) is 0 Å². The molecule has 0 saturated carbocycles. The van der Waals surface area contributed by atoms with Gasteiger partial charge in [0.25, 0.3) is 5.56 Å². The van der Waals surface area contributed by atoms with E-state index in [-0.39, 0.29) is 5.56 Å². The van der Waals surface area contributed by atoms with Gasteiger partial charge in [0, 0.05) is 13.2 Å². The summed E-state index contributed by atoms with van der Waals surface area (Å²) in [5.74, 6) is 0. The molecule has 0 amide bonds. The van der Waals surface area contributed by atoms with Crippen LogP contribution in [0.25, 0.3) is 0 Å². The summed E-state index contributed by atoms with van der Waals surface area (Å²) >= 11 is 0. The summed E-state index contributed by atoms with van der Waals surface area (Å²) in [5.41, 5.74) is -0.415. The minimum atomic E-state index is -0.561. The lowest BCUT2D eigenvalue weighted by atomic mass is 9.85. The molecule has 0 N–H and O–H groups in total. The number of aromatic nitrogens is 2. The van der Waals surface area contributed by atoms with Crippen molar-refractivity contribution in [3.05, 3.63) is 22.5 Å². The summed E-state index contributed by atoms with van der Waals surface area (Å²) < 4.78 is 18.2. The van der Waals surface area contributed by atoms with E-state index in [9.17, 15) is 4.79 Å². The maximum absolute atomic E-state index is 11.7. The lowest BCUT2D eigenvalue weighted by Crippen LogP contribution is -2.41. The van der Waals surface area contributed by atoms with Crippen LogP contribution in [-0.2, 0) is 20.6 Å². The zero-order chi connectivity index (χ0) is 15.0. The first-order valence-electron chi connectivity index (χ1n) is 6.69. The van der Waals surface area contributed by atoms with Crippen LogP contribution in [0.1, 0.15) is 27.7 Å². The third-order valence-corrected chi connectivity index (χ3v) is 3.89. The average Bonchev–Trinajstić information content (AvgIpc) is 2.57. The fourth-order valence-electron chi connectivity index (χ4n) is 1.89. The molecule has 1 aliphatic heterocycles. The van der Waals surface area contributed by atoms with E-state index in [0.29, 0.717) is 18.7 Å². The van der Waals surface area contributed by atoms with Crippen molar-refractivity contribution in [1.82, 2.24) is 9.78 Å². The Morgan fingerprint density at radius 3 is 2.40 bits per heavy atom. The number of nitrogens with zero attached hydrogens (tertiary/aromatic N) is 2. The van der Waals surface area contributed by atoms with E-state index >= 15 is 0 Å². The molecule has 1 aliphatic rings. The smallest absolute Gasteiger partial charge is 0.398 e. The van der Waals surface area contributed by atoms with Crippen molar-refractivity contribution in [2.75, 3.05) is 13.7 Å². The standard InChI is InChI=1S/C13H21BN2O4/c1-12(2)13(3,4)20-14(19-12)10-6-7-11(17)16(15-10)8-9-18-5/h6-7H,8-9H2,1-5H3. The molecule has 6 nitrogen and oxygen atoms in total. The molecule has 110 valence electrons. The number of rotatable bonds is 4. The van der Waals surface area contributed by atoms with Gasteiger partial charge in [-0.25, -0.2) is 4.68 Å². The molecule has 2 heterocycles. The molecule has 0 radical (unpaired) electrons. The molecule has 0 spiro atoms. The van der Waals surface area contributed by atoms with Crippen molar-refractivity contribution >= 4 is 12.7 Å². The van der Waals surface area contributed by atoms with Gasteiger partial charge in [0.1, 0.15) is 0 Å². The van der Waals surface area contributed by atoms with Gasteiger partial charge in [0.15, 0.2) is 0 Å². The van der Waals surface area contributed by atoms with Gasteiger partial charge >= 0.3 is 7.12 Å². The quantitative estimate of drug-likeness (QED) is 0.737. The highest BCUT2D eigenvalue weighted by atomic mass is 16.7. The molecule has 0 aliphatic carbocycles. The van der Waals surface area contributed by atoms with Crippen LogP contribution >= 0.6 is 0 Å². The number of hydrogen-bond acceptors (Lipinski definition) is 5. The van der Waals surface area contributed by atoms with Crippen molar-refractivity contribution in [1.29, 1.82) is 0 Å². The summed E-state index contributed by atoms with van der Waals surface area (Å²) in [4.78, 5) is 11.7. The van der Waals surface area contributed by atoms with Crippen LogP contribution in [-0.4, -0.2) is 41.8 Å². The zero-order valence-electron chi connectivity index (χ0n) is 12.7. The molecule has 0 bridgehead atoms. The number of methoxy groups -OCH3 is 1. The fourth-order valence-corrected chi connectivity index (χ4v) is 1.89. The van der Waals surface area contributed by atoms with Gasteiger partial charge in [-0.3, -0.25) is 4.79 Å². The van der Waals surface area contributed by atoms with E-state index < -0.39 is 18.3 Å². The van der Waals surface area contributed by atoms with E-state index in [1.165, 1.54) is 10.7 Å². The van der Waals surface area contributed by atoms with E-state index in [0.717, 1.165) is 0 Å². The van der Waals surface area contributed by atoms with Crippen LogP contribution < -0.4 is 11.2 Å². The molecule has 1 aromatic heterocycles. The summed E-state index contributed by atoms with van der Waals surface area (Å²) in [6.07, 6.45) is 0. The second-order valence-corrected chi connectivity index (χ2v) is 5.90. The second-order valence-electron chi connectivity index (χ2n) is 5.90. The lowest BCUT2D eigenvalue weighted by molar-refractivity contribution is 0.00578. The minimum Gasteiger partial charge on any atom is -0.398 e. The largest absolute Gasteiger partial charge is 0.516 e. The molecule has 0 aromatic carbocycles. The molecular weight excluding hydrogens is 259 g/mol. The van der Waals surface area contributed by atoms with Crippen LogP contribution in [0.5, 0.6) is 0 Å². The Kier molecular flexibility index (Phi) is 4.04. The minimum absolute atomic E-state index is 0.165. The average molecular weight is 280 g/mol. The van der Waals surface area contributed by atoms with Crippen LogP contribution in [0.15, 0.2) is 16.9 Å². The highest BCUT2D eigenvalue weighted by Gasteiger charge is 2.52. The van der Waals surface area contributed by atoms with Gasteiger partial charge in [-0.1, -0.05) is 0 Å². The topological polar surface area (TPSA) is 62.6 Å². The highest BCUT2D eigenvalue weighted by molar-refractivity contribution is 6.61. The molecule has 1 fully saturated rings. The summed E-state index contributed by atoms with van der Waals surface area (Å²) in [6, 6.07) is 3.12. The Balaban J connectivity index is 2.25. The van der Waals surface area contributed by atoms with Gasteiger partial charge in [-0.05, 0) is 33.8 Å². The molecule has 1 aromatic rings. The van der Waals surface area contributed by atoms with E-state index in [4.69, 9.17) is 14.0 Å². The van der Waals surface area contributed by atoms with Crippen LogP contribution in [0.2, 0.25) is 0 Å². The fraction of sp³-hybridized carbons (Fsp3) is 0.692. The monoisotopic (exact) mass is 280 g/mol. The van der Waals surface area contributed by atoms with E-state index in [2.05, 4.69) is 5.10 Å². The molecule has 0 unspecified atom stereocenters. The first-order chi connectivity index (χ1) is 9.27. The van der Waals surface area contributed by atoms with Gasteiger partial charge in [0.05, 0.1) is 29.9 Å².